The predicted octanol–water partition coefficient (Wildman–Crippen LogP) is 1.36. The van der Waals surface area contributed by atoms with Crippen molar-refractivity contribution in [2.45, 2.75) is 13.5 Å². The first kappa shape index (κ1) is 11.5. The number of benzene rings is 1. The van der Waals surface area contributed by atoms with Crippen LogP contribution in [0.3, 0.4) is 0 Å². The molecule has 2 aromatic rings. The van der Waals surface area contributed by atoms with E-state index in [-0.39, 0.29) is 5.91 Å². The van der Waals surface area contributed by atoms with Gasteiger partial charge in [-0.05, 0) is 36.2 Å². The average Bonchev–Trinajstić information content (AvgIpc) is 2.72. The number of nitrogens with zero attached hydrogens (tertiary/aromatic N) is 2. The number of carbonyl (C=O) groups excluding carboxylic acids is 1. The molecule has 3 N–H and O–H groups in total. The maximum atomic E-state index is 11.8. The van der Waals surface area contributed by atoms with Crippen LogP contribution >= 0.6 is 11.5 Å². The number of aromatic nitrogens is 2. The Hall–Kier alpha value is -1.95. The minimum absolute atomic E-state index is 0.153. The summed E-state index contributed by atoms with van der Waals surface area (Å²) in [7, 11) is 0. The first-order valence-corrected chi connectivity index (χ1v) is 5.85. The number of nitrogen functional groups attached to an aromatic ring is 1. The second-order valence-electron chi connectivity index (χ2n) is 3.62. The van der Waals surface area contributed by atoms with E-state index >= 15 is 0 Å². The van der Waals surface area contributed by atoms with Crippen molar-refractivity contribution in [2.75, 3.05) is 5.73 Å². The van der Waals surface area contributed by atoms with Crippen LogP contribution in [-0.2, 0) is 6.54 Å². The molecule has 88 valence electrons. The number of hydrogen-bond donors (Lipinski definition) is 2. The molecule has 2 rings (SSSR count). The van der Waals surface area contributed by atoms with Gasteiger partial charge in [-0.15, -0.1) is 5.10 Å². The molecule has 0 saturated carbocycles. The first-order valence-electron chi connectivity index (χ1n) is 5.08. The van der Waals surface area contributed by atoms with Crippen molar-refractivity contribution in [3.05, 3.63) is 40.4 Å². The van der Waals surface area contributed by atoms with Crippen LogP contribution in [0.1, 0.15) is 20.9 Å². The highest BCUT2D eigenvalue weighted by atomic mass is 32.1. The maximum absolute atomic E-state index is 11.8. The maximum Gasteiger partial charge on any atom is 0.265 e. The second-order valence-corrected chi connectivity index (χ2v) is 4.37. The van der Waals surface area contributed by atoms with E-state index in [4.69, 9.17) is 5.73 Å². The van der Waals surface area contributed by atoms with Gasteiger partial charge < -0.3 is 11.1 Å². The smallest absolute Gasteiger partial charge is 0.265 e. The molecule has 0 bridgehead atoms. The molecule has 1 heterocycles. The number of anilines is 1. The van der Waals surface area contributed by atoms with Gasteiger partial charge >= 0.3 is 0 Å². The zero-order chi connectivity index (χ0) is 12.3. The highest BCUT2D eigenvalue weighted by molar-refractivity contribution is 7.07. The van der Waals surface area contributed by atoms with Gasteiger partial charge in [0.25, 0.3) is 5.91 Å². The Kier molecular flexibility index (Phi) is 3.34. The summed E-state index contributed by atoms with van der Waals surface area (Å²) >= 11 is 1.10. The Labute approximate surface area is 103 Å². The average molecular weight is 248 g/mol. The van der Waals surface area contributed by atoms with Crippen molar-refractivity contribution < 1.29 is 4.79 Å². The van der Waals surface area contributed by atoms with E-state index in [0.717, 1.165) is 17.1 Å². The van der Waals surface area contributed by atoms with Crippen LogP contribution in [0, 0.1) is 6.92 Å². The summed E-state index contributed by atoms with van der Waals surface area (Å²) in [6.07, 6.45) is 0. The fourth-order valence-corrected chi connectivity index (χ4v) is 1.98. The van der Waals surface area contributed by atoms with E-state index in [1.807, 2.05) is 24.3 Å². The molecular formula is C11H12N4OS. The quantitative estimate of drug-likeness (QED) is 0.804. The second kappa shape index (κ2) is 4.92. The zero-order valence-electron chi connectivity index (χ0n) is 9.30. The van der Waals surface area contributed by atoms with Crippen LogP contribution in [0.25, 0.3) is 0 Å². The molecule has 0 atom stereocenters. The fourth-order valence-electron chi connectivity index (χ4n) is 1.41. The van der Waals surface area contributed by atoms with E-state index in [0.29, 0.717) is 22.8 Å². The SMILES string of the molecule is Cc1nnsc1C(=O)NCc1cccc(N)c1. The number of carbonyl (C=O) groups is 1. The van der Waals surface area contributed by atoms with Gasteiger partial charge in [-0.1, -0.05) is 16.6 Å². The lowest BCUT2D eigenvalue weighted by atomic mass is 10.2. The summed E-state index contributed by atoms with van der Waals surface area (Å²) in [5.41, 5.74) is 7.96. The predicted molar refractivity (Wildman–Crippen MR) is 66.7 cm³/mol. The number of rotatable bonds is 3. The van der Waals surface area contributed by atoms with Crippen LogP contribution in [0.2, 0.25) is 0 Å². The van der Waals surface area contributed by atoms with Crippen LogP contribution in [-0.4, -0.2) is 15.5 Å². The number of hydrogen-bond acceptors (Lipinski definition) is 5. The van der Waals surface area contributed by atoms with Crippen LogP contribution in [0.4, 0.5) is 5.69 Å². The van der Waals surface area contributed by atoms with Crippen LogP contribution in [0.15, 0.2) is 24.3 Å². The van der Waals surface area contributed by atoms with Gasteiger partial charge in [-0.3, -0.25) is 4.79 Å². The lowest BCUT2D eigenvalue weighted by Crippen LogP contribution is -2.22. The lowest BCUT2D eigenvalue weighted by molar-refractivity contribution is 0.0954. The summed E-state index contributed by atoms with van der Waals surface area (Å²) in [5, 5.41) is 6.60. The lowest BCUT2D eigenvalue weighted by Gasteiger charge is -2.04. The van der Waals surface area contributed by atoms with Crippen molar-refractivity contribution >= 4 is 23.1 Å². The molecule has 0 saturated heterocycles. The van der Waals surface area contributed by atoms with Gasteiger partial charge in [0.1, 0.15) is 4.88 Å². The highest BCUT2D eigenvalue weighted by Crippen LogP contribution is 2.10. The molecule has 0 radical (unpaired) electrons. The van der Waals surface area contributed by atoms with Gasteiger partial charge in [0.15, 0.2) is 0 Å². The number of nitrogens with one attached hydrogen (secondary N) is 1. The normalized spacial score (nSPS) is 10.2. The van der Waals surface area contributed by atoms with Gasteiger partial charge in [-0.2, -0.15) is 0 Å². The summed E-state index contributed by atoms with van der Waals surface area (Å²) < 4.78 is 3.72. The van der Waals surface area contributed by atoms with Crippen molar-refractivity contribution in [3.63, 3.8) is 0 Å². The van der Waals surface area contributed by atoms with Gasteiger partial charge in [0.2, 0.25) is 0 Å². The minimum Gasteiger partial charge on any atom is -0.399 e. The standard InChI is InChI=1S/C11H12N4OS/c1-7-10(17-15-14-7)11(16)13-6-8-3-2-4-9(12)5-8/h2-5H,6,12H2,1H3,(H,13,16). The topological polar surface area (TPSA) is 80.9 Å². The Morgan fingerprint density at radius 2 is 2.35 bits per heavy atom. The molecule has 0 aliphatic rings. The van der Waals surface area contributed by atoms with E-state index in [2.05, 4.69) is 14.9 Å². The van der Waals surface area contributed by atoms with Crippen LogP contribution < -0.4 is 11.1 Å². The van der Waals surface area contributed by atoms with E-state index in [1.54, 1.807) is 6.92 Å². The van der Waals surface area contributed by atoms with Gasteiger partial charge in [0, 0.05) is 12.2 Å². The molecule has 0 aliphatic carbocycles. The highest BCUT2D eigenvalue weighted by Gasteiger charge is 2.12. The molecule has 0 spiro atoms. The van der Waals surface area contributed by atoms with Gasteiger partial charge in [-0.25, -0.2) is 0 Å². The zero-order valence-corrected chi connectivity index (χ0v) is 10.1. The van der Waals surface area contributed by atoms with Crippen LogP contribution in [0.5, 0.6) is 0 Å². The van der Waals surface area contributed by atoms with Crippen molar-refractivity contribution in [2.24, 2.45) is 0 Å². The first-order chi connectivity index (χ1) is 8.16. The van der Waals surface area contributed by atoms with E-state index in [9.17, 15) is 4.79 Å². The third-order valence-corrected chi connectivity index (χ3v) is 3.09. The Morgan fingerprint density at radius 1 is 1.53 bits per heavy atom. The molecule has 1 amide bonds. The fraction of sp³-hybridized carbons (Fsp3) is 0.182. The molecule has 5 nitrogen and oxygen atoms in total. The van der Waals surface area contributed by atoms with Crippen molar-refractivity contribution in [3.8, 4) is 0 Å². The number of amides is 1. The third-order valence-electron chi connectivity index (χ3n) is 2.26. The summed E-state index contributed by atoms with van der Waals surface area (Å²) in [6, 6.07) is 7.41. The molecule has 0 aliphatic heterocycles. The molecule has 0 fully saturated rings. The molecule has 6 heteroatoms. The number of nitrogens with two attached hydrogens (primary N) is 1. The molecular weight excluding hydrogens is 236 g/mol. The monoisotopic (exact) mass is 248 g/mol. The molecule has 1 aromatic heterocycles. The summed E-state index contributed by atoms with van der Waals surface area (Å²) in [6.45, 7) is 2.21. The number of aryl methyl sites for hydroxylation is 1. The van der Waals surface area contributed by atoms with E-state index < -0.39 is 0 Å². The Bertz CT molecular complexity index is 538. The minimum atomic E-state index is -0.153. The summed E-state index contributed by atoms with van der Waals surface area (Å²) in [5.74, 6) is -0.153. The molecule has 17 heavy (non-hydrogen) atoms. The largest absolute Gasteiger partial charge is 0.399 e. The third kappa shape index (κ3) is 2.79. The molecule has 0 unspecified atom stereocenters. The molecule has 1 aromatic carbocycles. The summed E-state index contributed by atoms with van der Waals surface area (Å²) in [4.78, 5) is 12.3. The van der Waals surface area contributed by atoms with Crippen molar-refractivity contribution in [1.82, 2.24) is 14.9 Å². The van der Waals surface area contributed by atoms with E-state index in [1.165, 1.54) is 0 Å². The van der Waals surface area contributed by atoms with Crippen molar-refractivity contribution in [1.29, 1.82) is 0 Å². The Balaban J connectivity index is 1.99. The Morgan fingerprint density at radius 3 is 3.00 bits per heavy atom. The van der Waals surface area contributed by atoms with Gasteiger partial charge in [0.05, 0.1) is 5.69 Å².